The monoisotopic (exact) mass is 311 g/mol. The molecule has 0 aliphatic heterocycles. The molecule has 0 aromatic heterocycles. The Balaban J connectivity index is 1.84. The summed E-state index contributed by atoms with van der Waals surface area (Å²) in [5, 5.41) is 1.09. The minimum absolute atomic E-state index is 0.398. The zero-order valence-electron chi connectivity index (χ0n) is 10.8. The Morgan fingerprint density at radius 3 is 2.25 bits per heavy atom. The second-order valence-electron chi connectivity index (χ2n) is 4.11. The molecule has 5 heteroatoms. The third kappa shape index (κ3) is 4.30. The molecule has 20 heavy (non-hydrogen) atoms. The van der Waals surface area contributed by atoms with E-state index >= 15 is 0 Å². The number of benzene rings is 2. The third-order valence-electron chi connectivity index (χ3n) is 2.64. The zero-order valence-corrected chi connectivity index (χ0v) is 12.3. The Labute approximate surface area is 128 Å². The molecule has 0 amide bonds. The van der Waals surface area contributed by atoms with Gasteiger partial charge in [-0.1, -0.05) is 41.4 Å². The molecule has 0 fully saturated rings. The molecule has 0 atom stereocenters. The Morgan fingerprint density at radius 1 is 0.900 bits per heavy atom. The molecule has 0 aliphatic rings. The fourth-order valence-electron chi connectivity index (χ4n) is 1.74. The highest BCUT2D eigenvalue weighted by atomic mass is 35.5. The lowest BCUT2D eigenvalue weighted by atomic mass is 10.2. The van der Waals surface area contributed by atoms with Gasteiger partial charge in [0.05, 0.1) is 0 Å². The van der Waals surface area contributed by atoms with Gasteiger partial charge in [-0.2, -0.15) is 0 Å². The van der Waals surface area contributed by atoms with Gasteiger partial charge in [0, 0.05) is 22.2 Å². The minimum Gasteiger partial charge on any atom is -0.490 e. The smallest absolute Gasteiger partial charge is 0.123 e. The fraction of sp³-hybridized carbons (Fsp3) is 0.200. The lowest BCUT2D eigenvalue weighted by Crippen LogP contribution is -2.10. The first-order valence-electron chi connectivity index (χ1n) is 6.18. The van der Waals surface area contributed by atoms with Gasteiger partial charge in [0.2, 0.25) is 0 Å². The van der Waals surface area contributed by atoms with Crippen LogP contribution in [0.3, 0.4) is 0 Å². The summed E-state index contributed by atoms with van der Waals surface area (Å²) in [5.41, 5.74) is 6.61. The molecule has 0 bridgehead atoms. The first kappa shape index (κ1) is 15.0. The van der Waals surface area contributed by atoms with Gasteiger partial charge >= 0.3 is 0 Å². The van der Waals surface area contributed by atoms with Gasteiger partial charge in [0.1, 0.15) is 24.7 Å². The first-order chi connectivity index (χ1) is 9.69. The highest BCUT2D eigenvalue weighted by Crippen LogP contribution is 2.24. The van der Waals surface area contributed by atoms with Gasteiger partial charge in [-0.15, -0.1) is 0 Å². The van der Waals surface area contributed by atoms with E-state index < -0.39 is 0 Å². The average molecular weight is 312 g/mol. The predicted molar refractivity (Wildman–Crippen MR) is 81.8 cm³/mol. The molecule has 0 heterocycles. The first-order valence-corrected chi connectivity index (χ1v) is 6.94. The van der Waals surface area contributed by atoms with E-state index in [9.17, 15) is 0 Å². The molecule has 0 unspecified atom stereocenters. The normalized spacial score (nSPS) is 10.3. The molecule has 0 saturated heterocycles. The van der Waals surface area contributed by atoms with Gasteiger partial charge in [0.15, 0.2) is 0 Å². The van der Waals surface area contributed by atoms with Crippen LogP contribution in [0.2, 0.25) is 10.0 Å². The summed E-state index contributed by atoms with van der Waals surface area (Å²) in [6.45, 7) is 1.26. The second-order valence-corrected chi connectivity index (χ2v) is 4.99. The largest absolute Gasteiger partial charge is 0.490 e. The van der Waals surface area contributed by atoms with E-state index in [1.807, 2.05) is 24.3 Å². The lowest BCUT2D eigenvalue weighted by molar-refractivity contribution is 0.216. The van der Waals surface area contributed by atoms with Crippen LogP contribution in [0, 0.1) is 0 Å². The van der Waals surface area contributed by atoms with Gasteiger partial charge in [-0.05, 0) is 24.3 Å². The maximum atomic E-state index is 5.89. The minimum atomic E-state index is 0.398. The molecule has 106 valence electrons. The predicted octanol–water partition coefficient (Wildman–Crippen LogP) is 3.91. The van der Waals surface area contributed by atoms with Crippen LogP contribution in [0.1, 0.15) is 5.56 Å². The highest BCUT2D eigenvalue weighted by molar-refractivity contribution is 6.34. The number of nitrogens with two attached hydrogens (primary N) is 1. The summed E-state index contributed by atoms with van der Waals surface area (Å²) in [6.07, 6.45) is 0. The standard InChI is InChI=1S/C15H15Cl2NO2/c16-12-7-13(17)9-14(8-12)19-5-6-20-15-4-2-1-3-11(15)10-18/h1-4,7-9H,5-6,10,18H2. The molecule has 0 aliphatic carbocycles. The Bertz CT molecular complexity index is 555. The van der Waals surface area contributed by atoms with Crippen molar-refractivity contribution in [3.05, 3.63) is 58.1 Å². The van der Waals surface area contributed by atoms with Crippen molar-refractivity contribution >= 4 is 23.2 Å². The van der Waals surface area contributed by atoms with Crippen molar-refractivity contribution in [1.29, 1.82) is 0 Å². The lowest BCUT2D eigenvalue weighted by Gasteiger charge is -2.11. The van der Waals surface area contributed by atoms with Crippen LogP contribution in [0.25, 0.3) is 0 Å². The molecule has 0 spiro atoms. The van der Waals surface area contributed by atoms with E-state index in [1.165, 1.54) is 0 Å². The van der Waals surface area contributed by atoms with Crippen LogP contribution < -0.4 is 15.2 Å². The van der Waals surface area contributed by atoms with Crippen LogP contribution in [0.5, 0.6) is 11.5 Å². The SMILES string of the molecule is NCc1ccccc1OCCOc1cc(Cl)cc(Cl)c1. The third-order valence-corrected chi connectivity index (χ3v) is 3.07. The van der Waals surface area contributed by atoms with Crippen molar-refractivity contribution in [3.8, 4) is 11.5 Å². The maximum absolute atomic E-state index is 5.89. The fourth-order valence-corrected chi connectivity index (χ4v) is 2.24. The maximum Gasteiger partial charge on any atom is 0.123 e. The van der Waals surface area contributed by atoms with Crippen molar-refractivity contribution in [3.63, 3.8) is 0 Å². The molecule has 0 radical (unpaired) electrons. The van der Waals surface area contributed by atoms with Crippen LogP contribution >= 0.6 is 23.2 Å². The Hall–Kier alpha value is -1.42. The van der Waals surface area contributed by atoms with E-state index in [0.717, 1.165) is 11.3 Å². The zero-order chi connectivity index (χ0) is 14.4. The molecule has 2 aromatic rings. The molecule has 2 aromatic carbocycles. The van der Waals surface area contributed by atoms with Gasteiger partial charge in [0.25, 0.3) is 0 Å². The van der Waals surface area contributed by atoms with E-state index in [-0.39, 0.29) is 0 Å². The molecular weight excluding hydrogens is 297 g/mol. The topological polar surface area (TPSA) is 44.5 Å². The van der Waals surface area contributed by atoms with Crippen LogP contribution in [0.15, 0.2) is 42.5 Å². The summed E-state index contributed by atoms with van der Waals surface area (Å²) < 4.78 is 11.2. The van der Waals surface area contributed by atoms with Crippen LogP contribution in [-0.4, -0.2) is 13.2 Å². The highest BCUT2D eigenvalue weighted by Gasteiger charge is 2.02. The van der Waals surface area contributed by atoms with Gasteiger partial charge in [-0.25, -0.2) is 0 Å². The van der Waals surface area contributed by atoms with Gasteiger partial charge < -0.3 is 15.2 Å². The van der Waals surface area contributed by atoms with Crippen LogP contribution in [-0.2, 0) is 6.54 Å². The average Bonchev–Trinajstić information content (AvgIpc) is 2.43. The summed E-state index contributed by atoms with van der Waals surface area (Å²) in [6, 6.07) is 12.7. The van der Waals surface area contributed by atoms with E-state index in [1.54, 1.807) is 18.2 Å². The number of rotatable bonds is 6. The van der Waals surface area contributed by atoms with E-state index in [2.05, 4.69) is 0 Å². The van der Waals surface area contributed by atoms with E-state index in [0.29, 0.717) is 35.6 Å². The number of hydrogen-bond donors (Lipinski definition) is 1. The molecular formula is C15H15Cl2NO2. The summed E-state index contributed by atoms with van der Waals surface area (Å²) in [5.74, 6) is 1.40. The van der Waals surface area contributed by atoms with E-state index in [4.69, 9.17) is 38.4 Å². The summed E-state index contributed by atoms with van der Waals surface area (Å²) >= 11 is 11.8. The van der Waals surface area contributed by atoms with Crippen molar-refractivity contribution in [1.82, 2.24) is 0 Å². The Morgan fingerprint density at radius 2 is 1.55 bits per heavy atom. The summed E-state index contributed by atoms with van der Waals surface area (Å²) in [7, 11) is 0. The quantitative estimate of drug-likeness (QED) is 0.823. The molecule has 2 rings (SSSR count). The number of hydrogen-bond acceptors (Lipinski definition) is 3. The number of ether oxygens (including phenoxy) is 2. The van der Waals surface area contributed by atoms with Crippen molar-refractivity contribution in [2.45, 2.75) is 6.54 Å². The second kappa shape index (κ2) is 7.39. The Kier molecular flexibility index (Phi) is 5.53. The van der Waals surface area contributed by atoms with Crippen molar-refractivity contribution < 1.29 is 9.47 Å². The van der Waals surface area contributed by atoms with Crippen molar-refractivity contribution in [2.24, 2.45) is 5.73 Å². The summed E-state index contributed by atoms with van der Waals surface area (Å²) in [4.78, 5) is 0. The molecule has 3 nitrogen and oxygen atoms in total. The number of halogens is 2. The molecule has 2 N–H and O–H groups in total. The molecule has 0 saturated carbocycles. The van der Waals surface area contributed by atoms with Crippen molar-refractivity contribution in [2.75, 3.05) is 13.2 Å². The number of para-hydroxylation sites is 1. The van der Waals surface area contributed by atoms with Gasteiger partial charge in [-0.3, -0.25) is 0 Å². The van der Waals surface area contributed by atoms with Crippen LogP contribution in [0.4, 0.5) is 0 Å².